The van der Waals surface area contributed by atoms with Crippen molar-refractivity contribution in [1.29, 1.82) is 0 Å². The first kappa shape index (κ1) is 11.1. The molecule has 16 heavy (non-hydrogen) atoms. The summed E-state index contributed by atoms with van der Waals surface area (Å²) in [4.78, 5) is 14.3. The molecular formula is C11H15FN2O2. The normalized spacial score (nSPS) is 24.6. The van der Waals surface area contributed by atoms with Crippen molar-refractivity contribution < 1.29 is 13.9 Å². The Kier molecular flexibility index (Phi) is 3.24. The molecule has 2 rings (SSSR count). The Labute approximate surface area is 93.2 Å². The van der Waals surface area contributed by atoms with Crippen LogP contribution in [-0.2, 0) is 4.74 Å². The van der Waals surface area contributed by atoms with Gasteiger partial charge in [-0.2, -0.15) is 0 Å². The monoisotopic (exact) mass is 226 g/mol. The number of ether oxygens (including phenoxy) is 1. The van der Waals surface area contributed by atoms with E-state index in [0.717, 1.165) is 19.0 Å². The smallest absolute Gasteiger partial charge is 0.268 e. The molecular weight excluding hydrogens is 211 g/mol. The maximum Gasteiger partial charge on any atom is 0.268 e. The van der Waals surface area contributed by atoms with Crippen molar-refractivity contribution in [1.82, 2.24) is 10.3 Å². The van der Waals surface area contributed by atoms with Crippen LogP contribution >= 0.6 is 0 Å². The molecule has 1 aliphatic rings. The molecule has 1 aromatic heterocycles. The fourth-order valence-corrected chi connectivity index (χ4v) is 1.96. The van der Waals surface area contributed by atoms with Crippen LogP contribution in [0.4, 0.5) is 4.39 Å². The molecule has 0 spiro atoms. The lowest BCUT2D eigenvalue weighted by atomic mass is 10.1. The highest BCUT2D eigenvalue weighted by Gasteiger charge is 2.28. The Morgan fingerprint density at radius 1 is 1.75 bits per heavy atom. The average Bonchev–Trinajstić information content (AvgIpc) is 2.86. The summed E-state index contributed by atoms with van der Waals surface area (Å²) in [5, 5.41) is 2.85. The fraction of sp³-hybridized carbons (Fsp3) is 0.545. The molecule has 0 unspecified atom stereocenters. The molecule has 0 bridgehead atoms. The number of rotatable bonds is 3. The summed E-state index contributed by atoms with van der Waals surface area (Å²) < 4.78 is 18.2. The minimum atomic E-state index is -0.431. The summed E-state index contributed by atoms with van der Waals surface area (Å²) in [6.45, 7) is 2.69. The first-order valence-electron chi connectivity index (χ1n) is 5.47. The highest BCUT2D eigenvalue weighted by Crippen LogP contribution is 2.16. The van der Waals surface area contributed by atoms with Crippen molar-refractivity contribution in [2.45, 2.75) is 31.9 Å². The molecule has 1 aliphatic heterocycles. The summed E-state index contributed by atoms with van der Waals surface area (Å²) >= 11 is 0. The molecule has 0 saturated carbocycles. The van der Waals surface area contributed by atoms with E-state index in [4.69, 9.17) is 4.74 Å². The fourth-order valence-electron chi connectivity index (χ4n) is 1.96. The number of hydrogen-bond acceptors (Lipinski definition) is 2. The van der Waals surface area contributed by atoms with Gasteiger partial charge in [-0.3, -0.25) is 4.79 Å². The third kappa shape index (κ3) is 2.24. The van der Waals surface area contributed by atoms with Gasteiger partial charge in [-0.1, -0.05) is 6.92 Å². The zero-order valence-corrected chi connectivity index (χ0v) is 9.13. The number of nitrogens with one attached hydrogen (secondary N) is 2. The van der Waals surface area contributed by atoms with Gasteiger partial charge >= 0.3 is 0 Å². The van der Waals surface area contributed by atoms with Crippen molar-refractivity contribution >= 4 is 5.91 Å². The van der Waals surface area contributed by atoms with Gasteiger partial charge in [-0.15, -0.1) is 0 Å². The molecule has 2 heterocycles. The predicted octanol–water partition coefficient (Wildman–Crippen LogP) is 1.45. The molecule has 0 aliphatic carbocycles. The minimum Gasteiger partial charge on any atom is -0.376 e. The van der Waals surface area contributed by atoms with Gasteiger partial charge in [-0.05, 0) is 12.8 Å². The van der Waals surface area contributed by atoms with Crippen molar-refractivity contribution in [3.8, 4) is 0 Å². The van der Waals surface area contributed by atoms with E-state index in [1.165, 1.54) is 6.07 Å². The number of halogens is 1. The SMILES string of the molecule is CC[C@@H]1OCC[C@H]1NC(=O)c1cc(F)c[nH]1. The summed E-state index contributed by atoms with van der Waals surface area (Å²) in [6, 6.07) is 1.22. The van der Waals surface area contributed by atoms with Crippen LogP contribution in [0.15, 0.2) is 12.3 Å². The Bertz CT molecular complexity index is 378. The second-order valence-corrected chi connectivity index (χ2v) is 3.92. The summed E-state index contributed by atoms with van der Waals surface area (Å²) in [7, 11) is 0. The van der Waals surface area contributed by atoms with E-state index in [9.17, 15) is 9.18 Å². The predicted molar refractivity (Wildman–Crippen MR) is 56.7 cm³/mol. The number of aromatic nitrogens is 1. The maximum absolute atomic E-state index is 12.7. The highest BCUT2D eigenvalue weighted by atomic mass is 19.1. The van der Waals surface area contributed by atoms with Crippen LogP contribution in [0.3, 0.4) is 0 Å². The van der Waals surface area contributed by atoms with Gasteiger partial charge in [0.1, 0.15) is 11.5 Å². The van der Waals surface area contributed by atoms with Crippen molar-refractivity contribution in [3.05, 3.63) is 23.8 Å². The lowest BCUT2D eigenvalue weighted by Crippen LogP contribution is -2.40. The van der Waals surface area contributed by atoms with Crippen molar-refractivity contribution in [2.24, 2.45) is 0 Å². The molecule has 2 atom stereocenters. The van der Waals surface area contributed by atoms with Crippen molar-refractivity contribution in [2.75, 3.05) is 6.61 Å². The third-order valence-corrected chi connectivity index (χ3v) is 2.82. The molecule has 5 heteroatoms. The Morgan fingerprint density at radius 3 is 3.19 bits per heavy atom. The quantitative estimate of drug-likeness (QED) is 0.819. The van der Waals surface area contributed by atoms with E-state index in [-0.39, 0.29) is 23.7 Å². The Hall–Kier alpha value is -1.36. The lowest BCUT2D eigenvalue weighted by molar-refractivity contribution is 0.0806. The molecule has 0 radical (unpaired) electrons. The van der Waals surface area contributed by atoms with Gasteiger partial charge in [0.05, 0.1) is 12.1 Å². The summed E-state index contributed by atoms with van der Waals surface area (Å²) in [5.41, 5.74) is 0.249. The van der Waals surface area contributed by atoms with Crippen LogP contribution in [0.1, 0.15) is 30.3 Å². The second-order valence-electron chi connectivity index (χ2n) is 3.92. The van der Waals surface area contributed by atoms with Crippen LogP contribution in [0.25, 0.3) is 0 Å². The number of amides is 1. The van der Waals surface area contributed by atoms with Gasteiger partial charge in [0.15, 0.2) is 0 Å². The minimum absolute atomic E-state index is 0.0314. The maximum atomic E-state index is 12.7. The Morgan fingerprint density at radius 2 is 2.56 bits per heavy atom. The lowest BCUT2D eigenvalue weighted by Gasteiger charge is -2.17. The Balaban J connectivity index is 1.97. The van der Waals surface area contributed by atoms with E-state index in [1.54, 1.807) is 0 Å². The third-order valence-electron chi connectivity index (χ3n) is 2.82. The van der Waals surface area contributed by atoms with Crippen molar-refractivity contribution in [3.63, 3.8) is 0 Å². The number of aromatic amines is 1. The van der Waals surface area contributed by atoms with Crippen LogP contribution in [0, 0.1) is 5.82 Å². The standard InChI is InChI=1S/C11H15FN2O2/c1-2-10-8(3-4-16-10)14-11(15)9-5-7(12)6-13-9/h5-6,8,10,13H,2-4H2,1H3,(H,14,15)/t8-,10+/m1/s1. The molecule has 4 nitrogen and oxygen atoms in total. The van der Waals surface area contributed by atoms with E-state index >= 15 is 0 Å². The number of hydrogen-bond donors (Lipinski definition) is 2. The molecule has 0 aromatic carbocycles. The van der Waals surface area contributed by atoms with E-state index in [1.807, 2.05) is 6.92 Å². The van der Waals surface area contributed by atoms with Crippen LogP contribution in [-0.4, -0.2) is 29.6 Å². The molecule has 2 N–H and O–H groups in total. The van der Waals surface area contributed by atoms with E-state index in [0.29, 0.717) is 6.61 Å². The number of H-pyrrole nitrogens is 1. The number of carbonyl (C=O) groups excluding carboxylic acids is 1. The van der Waals surface area contributed by atoms with Gasteiger partial charge in [-0.25, -0.2) is 4.39 Å². The van der Waals surface area contributed by atoms with Crippen LogP contribution in [0.5, 0.6) is 0 Å². The molecule has 1 saturated heterocycles. The zero-order chi connectivity index (χ0) is 11.5. The number of carbonyl (C=O) groups is 1. The van der Waals surface area contributed by atoms with Gasteiger partial charge in [0, 0.05) is 18.9 Å². The van der Waals surface area contributed by atoms with Crippen LogP contribution in [0.2, 0.25) is 0 Å². The van der Waals surface area contributed by atoms with Gasteiger partial charge in [0.25, 0.3) is 5.91 Å². The molecule has 88 valence electrons. The molecule has 1 amide bonds. The largest absolute Gasteiger partial charge is 0.376 e. The average molecular weight is 226 g/mol. The first-order valence-corrected chi connectivity index (χ1v) is 5.47. The van der Waals surface area contributed by atoms with Gasteiger partial charge < -0.3 is 15.0 Å². The van der Waals surface area contributed by atoms with Crippen LogP contribution < -0.4 is 5.32 Å². The van der Waals surface area contributed by atoms with Gasteiger partial charge in [0.2, 0.25) is 0 Å². The zero-order valence-electron chi connectivity index (χ0n) is 9.13. The second kappa shape index (κ2) is 4.65. The summed E-state index contributed by atoms with van der Waals surface area (Å²) in [6.07, 6.45) is 2.92. The molecule has 1 aromatic rings. The topological polar surface area (TPSA) is 54.1 Å². The highest BCUT2D eigenvalue weighted by molar-refractivity contribution is 5.92. The van der Waals surface area contributed by atoms with E-state index in [2.05, 4.69) is 10.3 Å². The van der Waals surface area contributed by atoms with E-state index < -0.39 is 5.82 Å². The first-order chi connectivity index (χ1) is 7.70. The molecule has 1 fully saturated rings. The summed E-state index contributed by atoms with van der Waals surface area (Å²) in [5.74, 6) is -0.710.